The molecule has 2 atom stereocenters. The first-order valence-electron chi connectivity index (χ1n) is 7.34. The van der Waals surface area contributed by atoms with Crippen molar-refractivity contribution >= 4 is 11.9 Å². The molecule has 2 aliphatic rings. The third-order valence-electron chi connectivity index (χ3n) is 4.98. The fraction of sp³-hybridized carbons (Fsp3) is 0.500. The maximum atomic E-state index is 13.4. The highest BCUT2D eigenvalue weighted by Gasteiger charge is 2.55. The summed E-state index contributed by atoms with van der Waals surface area (Å²) in [5, 5.41) is 9.56. The predicted octanol–water partition coefficient (Wildman–Crippen LogP) is 2.16. The number of benzene rings is 1. The third-order valence-corrected chi connectivity index (χ3v) is 4.98. The third kappa shape index (κ3) is 2.14. The second kappa shape index (κ2) is 5.26. The van der Waals surface area contributed by atoms with Crippen molar-refractivity contribution in [2.45, 2.75) is 19.3 Å². The average Bonchev–Trinajstić information content (AvgIpc) is 3.05. The molecule has 1 saturated heterocycles. The van der Waals surface area contributed by atoms with Gasteiger partial charge in [-0.05, 0) is 37.0 Å². The molecule has 1 amide bonds. The number of likely N-dealkylation sites (tertiary alicyclic amines) is 1. The molecule has 0 bridgehead atoms. The quantitative estimate of drug-likeness (QED) is 0.929. The number of hydrogen-bond acceptors (Lipinski definition) is 3. The van der Waals surface area contributed by atoms with E-state index in [0.29, 0.717) is 18.5 Å². The fourth-order valence-electron chi connectivity index (χ4n) is 3.77. The van der Waals surface area contributed by atoms with Crippen LogP contribution in [0.2, 0.25) is 0 Å². The Kier molecular flexibility index (Phi) is 3.54. The summed E-state index contributed by atoms with van der Waals surface area (Å²) < 4.78 is 18.3. The van der Waals surface area contributed by atoms with Crippen molar-refractivity contribution in [3.8, 4) is 5.75 Å². The van der Waals surface area contributed by atoms with Gasteiger partial charge >= 0.3 is 5.97 Å². The lowest BCUT2D eigenvalue weighted by molar-refractivity contribution is -0.149. The van der Waals surface area contributed by atoms with Crippen LogP contribution in [-0.4, -0.2) is 42.1 Å². The maximum Gasteiger partial charge on any atom is 0.311 e. The van der Waals surface area contributed by atoms with Crippen LogP contribution in [0.1, 0.15) is 29.6 Å². The number of amides is 1. The van der Waals surface area contributed by atoms with Crippen LogP contribution in [0.5, 0.6) is 5.75 Å². The van der Waals surface area contributed by atoms with Crippen LogP contribution in [0.15, 0.2) is 18.2 Å². The van der Waals surface area contributed by atoms with Crippen LogP contribution in [0.25, 0.3) is 0 Å². The number of halogens is 1. The Balaban J connectivity index is 1.84. The summed E-state index contributed by atoms with van der Waals surface area (Å²) in [6.45, 7) is 0.677. The lowest BCUT2D eigenvalue weighted by Gasteiger charge is -2.23. The van der Waals surface area contributed by atoms with Gasteiger partial charge in [0.2, 0.25) is 0 Å². The van der Waals surface area contributed by atoms with Crippen LogP contribution in [0.4, 0.5) is 4.39 Å². The normalized spacial score (nSPS) is 26.8. The molecule has 0 unspecified atom stereocenters. The Labute approximate surface area is 127 Å². The van der Waals surface area contributed by atoms with Gasteiger partial charge in [0.15, 0.2) is 11.6 Å². The van der Waals surface area contributed by atoms with E-state index in [9.17, 15) is 19.1 Å². The number of carbonyl (C=O) groups is 2. The highest BCUT2D eigenvalue weighted by molar-refractivity contribution is 5.95. The molecule has 0 aromatic heterocycles. The molecule has 1 aromatic carbocycles. The summed E-state index contributed by atoms with van der Waals surface area (Å²) in [7, 11) is 1.34. The molecule has 1 heterocycles. The van der Waals surface area contributed by atoms with Crippen molar-refractivity contribution in [3.63, 3.8) is 0 Å². The van der Waals surface area contributed by atoms with Gasteiger partial charge < -0.3 is 14.7 Å². The Morgan fingerprint density at radius 2 is 2.23 bits per heavy atom. The molecule has 3 rings (SSSR count). The summed E-state index contributed by atoms with van der Waals surface area (Å²) in [6, 6.07) is 3.96. The first-order chi connectivity index (χ1) is 10.5. The van der Waals surface area contributed by atoms with Crippen LogP contribution < -0.4 is 4.74 Å². The van der Waals surface area contributed by atoms with E-state index in [1.165, 1.54) is 25.3 Å². The van der Waals surface area contributed by atoms with Gasteiger partial charge in [-0.25, -0.2) is 4.39 Å². The van der Waals surface area contributed by atoms with Gasteiger partial charge in [-0.2, -0.15) is 0 Å². The standard InChI is InChI=1S/C16H18FNO4/c1-22-13-7-10(4-5-12(13)17)14(19)18-8-11-3-2-6-16(11,9-18)15(20)21/h4-5,7,11H,2-3,6,8-9H2,1H3,(H,20,21)/t11-,16+/m0/s1. The number of ether oxygens (including phenoxy) is 1. The molecule has 0 spiro atoms. The highest BCUT2D eigenvalue weighted by Crippen LogP contribution is 2.49. The summed E-state index contributed by atoms with van der Waals surface area (Å²) in [5.74, 6) is -1.59. The molecular formula is C16H18FNO4. The van der Waals surface area contributed by atoms with Crippen LogP contribution in [-0.2, 0) is 4.79 Å². The molecule has 6 heteroatoms. The van der Waals surface area contributed by atoms with E-state index in [0.717, 1.165) is 12.8 Å². The van der Waals surface area contributed by atoms with E-state index < -0.39 is 17.2 Å². The number of carbonyl (C=O) groups excluding carboxylic acids is 1. The first-order valence-corrected chi connectivity index (χ1v) is 7.34. The van der Waals surface area contributed by atoms with Crippen molar-refractivity contribution in [3.05, 3.63) is 29.6 Å². The Bertz CT molecular complexity index is 633. The molecule has 2 fully saturated rings. The summed E-state index contributed by atoms with van der Waals surface area (Å²) in [4.78, 5) is 25.8. The second-order valence-electron chi connectivity index (χ2n) is 6.09. The van der Waals surface area contributed by atoms with E-state index >= 15 is 0 Å². The van der Waals surface area contributed by atoms with E-state index in [4.69, 9.17) is 4.74 Å². The minimum absolute atomic E-state index is 0.0105. The van der Waals surface area contributed by atoms with Crippen molar-refractivity contribution in [2.75, 3.05) is 20.2 Å². The van der Waals surface area contributed by atoms with Gasteiger partial charge in [0.25, 0.3) is 5.91 Å². The van der Waals surface area contributed by atoms with Crippen molar-refractivity contribution < 1.29 is 23.8 Å². The van der Waals surface area contributed by atoms with Gasteiger partial charge in [0.05, 0.1) is 12.5 Å². The Hall–Kier alpha value is -2.11. The average molecular weight is 307 g/mol. The fourth-order valence-corrected chi connectivity index (χ4v) is 3.77. The largest absolute Gasteiger partial charge is 0.494 e. The first kappa shape index (κ1) is 14.8. The molecule has 0 radical (unpaired) electrons. The predicted molar refractivity (Wildman–Crippen MR) is 76.3 cm³/mol. The van der Waals surface area contributed by atoms with Crippen LogP contribution in [0.3, 0.4) is 0 Å². The lowest BCUT2D eigenvalue weighted by atomic mass is 9.81. The van der Waals surface area contributed by atoms with Gasteiger partial charge in [0.1, 0.15) is 0 Å². The molecule has 5 nitrogen and oxygen atoms in total. The Morgan fingerprint density at radius 1 is 1.45 bits per heavy atom. The van der Waals surface area contributed by atoms with Gasteiger partial charge in [0, 0.05) is 18.7 Å². The van der Waals surface area contributed by atoms with Gasteiger partial charge in [-0.1, -0.05) is 6.42 Å². The zero-order valence-electron chi connectivity index (χ0n) is 12.3. The smallest absolute Gasteiger partial charge is 0.311 e. The van der Waals surface area contributed by atoms with E-state index in [2.05, 4.69) is 0 Å². The molecule has 1 aliphatic heterocycles. The molecule has 1 aliphatic carbocycles. The van der Waals surface area contributed by atoms with Crippen molar-refractivity contribution in [1.82, 2.24) is 4.90 Å². The van der Waals surface area contributed by atoms with Crippen molar-refractivity contribution in [1.29, 1.82) is 0 Å². The number of nitrogens with zero attached hydrogens (tertiary/aromatic N) is 1. The minimum Gasteiger partial charge on any atom is -0.494 e. The molecule has 1 saturated carbocycles. The summed E-state index contributed by atoms with van der Waals surface area (Å²) in [5.41, 5.74) is -0.487. The van der Waals surface area contributed by atoms with E-state index in [1.54, 1.807) is 4.90 Å². The number of rotatable bonds is 3. The number of hydrogen-bond donors (Lipinski definition) is 1. The highest BCUT2D eigenvalue weighted by atomic mass is 19.1. The number of aliphatic carboxylic acids is 1. The summed E-state index contributed by atoms with van der Waals surface area (Å²) in [6.07, 6.45) is 2.34. The Morgan fingerprint density at radius 3 is 2.86 bits per heavy atom. The molecule has 1 aromatic rings. The summed E-state index contributed by atoms with van der Waals surface area (Å²) >= 11 is 0. The van der Waals surface area contributed by atoms with Crippen molar-refractivity contribution in [2.24, 2.45) is 11.3 Å². The topological polar surface area (TPSA) is 66.8 Å². The van der Waals surface area contributed by atoms with Crippen LogP contribution in [0, 0.1) is 17.2 Å². The maximum absolute atomic E-state index is 13.4. The van der Waals surface area contributed by atoms with E-state index in [-0.39, 0.29) is 24.1 Å². The monoisotopic (exact) mass is 307 g/mol. The van der Waals surface area contributed by atoms with Gasteiger partial charge in [-0.3, -0.25) is 9.59 Å². The zero-order chi connectivity index (χ0) is 15.9. The molecular weight excluding hydrogens is 289 g/mol. The number of methoxy groups -OCH3 is 1. The molecule has 1 N–H and O–H groups in total. The molecule has 118 valence electrons. The lowest BCUT2D eigenvalue weighted by Crippen LogP contribution is -2.37. The zero-order valence-corrected chi connectivity index (χ0v) is 12.3. The minimum atomic E-state index is -0.818. The molecule has 22 heavy (non-hydrogen) atoms. The second-order valence-corrected chi connectivity index (χ2v) is 6.09. The number of carboxylic acids is 1. The van der Waals surface area contributed by atoms with Crippen LogP contribution >= 0.6 is 0 Å². The SMILES string of the molecule is COc1cc(C(=O)N2C[C@@H]3CCC[C@@]3(C(=O)O)C2)ccc1F. The van der Waals surface area contributed by atoms with E-state index in [1.807, 2.05) is 0 Å². The van der Waals surface area contributed by atoms with Gasteiger partial charge in [-0.15, -0.1) is 0 Å². The number of carboxylic acid groups (broad SMARTS) is 1. The number of fused-ring (bicyclic) bond motifs is 1.